The third-order valence-electron chi connectivity index (χ3n) is 6.03. The van der Waals surface area contributed by atoms with Crippen molar-refractivity contribution >= 4 is 5.97 Å². The van der Waals surface area contributed by atoms with Crippen LogP contribution in [0.15, 0.2) is 24.3 Å². The van der Waals surface area contributed by atoms with E-state index in [0.29, 0.717) is 12.6 Å². The van der Waals surface area contributed by atoms with Crippen LogP contribution in [0.25, 0.3) is 0 Å². The van der Waals surface area contributed by atoms with E-state index in [0.717, 1.165) is 51.1 Å². The maximum Gasteiger partial charge on any atom is 0.313 e. The number of hydrogen-bond acceptors (Lipinski definition) is 4. The van der Waals surface area contributed by atoms with Crippen molar-refractivity contribution in [2.24, 2.45) is 11.3 Å². The molecule has 4 nitrogen and oxygen atoms in total. The molecule has 26 heavy (non-hydrogen) atoms. The molecule has 2 atom stereocenters. The summed E-state index contributed by atoms with van der Waals surface area (Å²) in [6.07, 6.45) is 1.88. The molecule has 0 N–H and O–H groups in total. The highest BCUT2D eigenvalue weighted by Crippen LogP contribution is 2.44. The van der Waals surface area contributed by atoms with E-state index in [1.54, 1.807) is 0 Å². The lowest BCUT2D eigenvalue weighted by Crippen LogP contribution is -2.42. The fraction of sp³-hybridized carbons (Fsp3) is 0.667. The van der Waals surface area contributed by atoms with Gasteiger partial charge >= 0.3 is 5.97 Å². The zero-order valence-corrected chi connectivity index (χ0v) is 16.2. The number of fused-ring (bicyclic) bond motifs is 1. The lowest BCUT2D eigenvalue weighted by Gasteiger charge is -2.31. The molecule has 0 aromatic heterocycles. The Bertz CT molecular complexity index is 619. The lowest BCUT2D eigenvalue weighted by molar-refractivity contribution is -0.157. The van der Waals surface area contributed by atoms with Gasteiger partial charge in [-0.25, -0.2) is 4.39 Å². The predicted octanol–water partition coefficient (Wildman–Crippen LogP) is 3.31. The molecule has 2 aliphatic heterocycles. The highest BCUT2D eigenvalue weighted by Gasteiger charge is 2.54. The third-order valence-corrected chi connectivity index (χ3v) is 6.03. The summed E-state index contributed by atoms with van der Waals surface area (Å²) in [6, 6.07) is 7.18. The minimum atomic E-state index is -0.377. The normalized spacial score (nSPS) is 27.3. The van der Waals surface area contributed by atoms with Crippen molar-refractivity contribution in [2.45, 2.75) is 46.2 Å². The maximum absolute atomic E-state index is 13.2. The second-order valence-corrected chi connectivity index (χ2v) is 8.06. The quantitative estimate of drug-likeness (QED) is 0.753. The smallest absolute Gasteiger partial charge is 0.313 e. The molecular formula is C21H31FN2O2. The van der Waals surface area contributed by atoms with Crippen LogP contribution in [0.4, 0.5) is 4.39 Å². The first kappa shape index (κ1) is 19.3. The first-order valence-electron chi connectivity index (χ1n) is 9.82. The molecule has 0 radical (unpaired) electrons. The van der Waals surface area contributed by atoms with E-state index in [9.17, 15) is 9.18 Å². The van der Waals surface area contributed by atoms with Crippen molar-refractivity contribution in [3.63, 3.8) is 0 Å². The molecule has 0 bridgehead atoms. The molecule has 0 aliphatic carbocycles. The maximum atomic E-state index is 13.2. The molecular weight excluding hydrogens is 331 g/mol. The summed E-state index contributed by atoms with van der Waals surface area (Å²) in [7, 11) is 0. The molecule has 3 rings (SSSR count). The summed E-state index contributed by atoms with van der Waals surface area (Å²) in [6.45, 7) is 11.1. The van der Waals surface area contributed by atoms with Gasteiger partial charge in [0, 0.05) is 38.1 Å². The number of rotatable bonds is 5. The second-order valence-electron chi connectivity index (χ2n) is 8.06. The van der Waals surface area contributed by atoms with Crippen molar-refractivity contribution < 1.29 is 13.9 Å². The van der Waals surface area contributed by atoms with Crippen LogP contribution in [0.5, 0.6) is 0 Å². The topological polar surface area (TPSA) is 32.8 Å². The van der Waals surface area contributed by atoms with Crippen molar-refractivity contribution in [2.75, 3.05) is 32.8 Å². The fourth-order valence-corrected chi connectivity index (χ4v) is 4.54. The largest absolute Gasteiger partial charge is 0.466 e. The number of esters is 1. The molecule has 0 spiro atoms. The number of nitrogens with zero attached hydrogens (tertiary/aromatic N) is 2. The Morgan fingerprint density at radius 2 is 2.04 bits per heavy atom. The summed E-state index contributed by atoms with van der Waals surface area (Å²) in [5, 5.41) is 0. The number of benzene rings is 1. The van der Waals surface area contributed by atoms with Gasteiger partial charge in [0.05, 0.1) is 12.0 Å². The Balaban J connectivity index is 1.78. The molecule has 0 unspecified atom stereocenters. The van der Waals surface area contributed by atoms with E-state index in [-0.39, 0.29) is 23.1 Å². The average Bonchev–Trinajstić information content (AvgIpc) is 2.88. The Labute approximate surface area is 156 Å². The lowest BCUT2D eigenvalue weighted by atomic mass is 9.75. The van der Waals surface area contributed by atoms with Crippen LogP contribution in [-0.4, -0.2) is 54.6 Å². The summed E-state index contributed by atoms with van der Waals surface area (Å²) in [5.74, 6) is 0.0676. The summed E-state index contributed by atoms with van der Waals surface area (Å²) < 4.78 is 18.7. The molecule has 144 valence electrons. The minimum Gasteiger partial charge on any atom is -0.466 e. The van der Waals surface area contributed by atoms with Gasteiger partial charge < -0.3 is 4.74 Å². The Morgan fingerprint density at radius 1 is 1.31 bits per heavy atom. The standard InChI is InChI=1S/C21H31FN2O2/c1-4-26-20(25)21-10-5-11-23(12-17-6-8-19(22)9-7-17)13-18(21)14-24(15-21)16(2)3/h6-9,16,18H,4-5,10-15H2,1-3H3/t18-,21-/m0/s1. The third kappa shape index (κ3) is 3.94. The number of likely N-dealkylation sites (tertiary alicyclic amines) is 2. The van der Waals surface area contributed by atoms with Gasteiger partial charge in [0.15, 0.2) is 0 Å². The molecule has 1 aromatic rings. The van der Waals surface area contributed by atoms with Gasteiger partial charge in [-0.15, -0.1) is 0 Å². The van der Waals surface area contributed by atoms with E-state index in [1.165, 1.54) is 12.1 Å². The zero-order chi connectivity index (χ0) is 18.7. The average molecular weight is 362 g/mol. The van der Waals surface area contributed by atoms with Crippen molar-refractivity contribution in [3.8, 4) is 0 Å². The Hall–Kier alpha value is -1.46. The van der Waals surface area contributed by atoms with Gasteiger partial charge in [0.1, 0.15) is 5.82 Å². The van der Waals surface area contributed by atoms with Crippen molar-refractivity contribution in [3.05, 3.63) is 35.6 Å². The molecule has 0 amide bonds. The van der Waals surface area contributed by atoms with Crippen LogP contribution in [0.1, 0.15) is 39.2 Å². The molecule has 5 heteroatoms. The molecule has 0 saturated carbocycles. The number of carbonyl (C=O) groups excluding carboxylic acids is 1. The van der Waals surface area contributed by atoms with E-state index in [1.807, 2.05) is 19.1 Å². The van der Waals surface area contributed by atoms with Crippen LogP contribution < -0.4 is 0 Å². The predicted molar refractivity (Wildman–Crippen MR) is 100 cm³/mol. The van der Waals surface area contributed by atoms with E-state index >= 15 is 0 Å². The van der Waals surface area contributed by atoms with E-state index < -0.39 is 0 Å². The Morgan fingerprint density at radius 3 is 2.69 bits per heavy atom. The summed E-state index contributed by atoms with van der Waals surface area (Å²) in [5.41, 5.74) is 0.742. The van der Waals surface area contributed by atoms with Crippen LogP contribution in [0.3, 0.4) is 0 Å². The van der Waals surface area contributed by atoms with Gasteiger partial charge in [-0.05, 0) is 57.9 Å². The molecule has 2 heterocycles. The molecule has 2 fully saturated rings. The summed E-state index contributed by atoms with van der Waals surface area (Å²) >= 11 is 0. The van der Waals surface area contributed by atoms with E-state index in [2.05, 4.69) is 23.6 Å². The van der Waals surface area contributed by atoms with Gasteiger partial charge in [-0.2, -0.15) is 0 Å². The minimum absolute atomic E-state index is 0.0169. The van der Waals surface area contributed by atoms with Gasteiger partial charge in [0.2, 0.25) is 0 Å². The molecule has 2 saturated heterocycles. The summed E-state index contributed by atoms with van der Waals surface area (Å²) in [4.78, 5) is 17.8. The van der Waals surface area contributed by atoms with Crippen LogP contribution in [0, 0.1) is 17.2 Å². The van der Waals surface area contributed by atoms with Crippen molar-refractivity contribution in [1.29, 1.82) is 0 Å². The van der Waals surface area contributed by atoms with Crippen LogP contribution in [0.2, 0.25) is 0 Å². The van der Waals surface area contributed by atoms with Crippen molar-refractivity contribution in [1.82, 2.24) is 9.80 Å². The van der Waals surface area contributed by atoms with E-state index in [4.69, 9.17) is 4.74 Å². The SMILES string of the molecule is CCOC(=O)[C@]12CCCN(Cc3ccc(F)cc3)C[C@H]1CN(C(C)C)C2. The van der Waals surface area contributed by atoms with Gasteiger partial charge in [-0.3, -0.25) is 14.6 Å². The van der Waals surface area contributed by atoms with Crippen LogP contribution in [-0.2, 0) is 16.1 Å². The first-order chi connectivity index (χ1) is 12.4. The molecule has 2 aliphatic rings. The van der Waals surface area contributed by atoms with Crippen LogP contribution >= 0.6 is 0 Å². The highest BCUT2D eigenvalue weighted by atomic mass is 19.1. The number of hydrogen-bond donors (Lipinski definition) is 0. The number of halogens is 1. The first-order valence-corrected chi connectivity index (χ1v) is 9.82. The fourth-order valence-electron chi connectivity index (χ4n) is 4.54. The number of carbonyl (C=O) groups is 1. The van der Waals surface area contributed by atoms with Gasteiger partial charge in [-0.1, -0.05) is 12.1 Å². The molecule has 1 aromatic carbocycles. The second kappa shape index (κ2) is 8.05. The number of ether oxygens (including phenoxy) is 1. The highest BCUT2D eigenvalue weighted by molar-refractivity contribution is 5.78. The Kier molecular flexibility index (Phi) is 5.98. The van der Waals surface area contributed by atoms with Gasteiger partial charge in [0.25, 0.3) is 0 Å². The monoisotopic (exact) mass is 362 g/mol. The zero-order valence-electron chi connectivity index (χ0n) is 16.2.